The number of benzene rings is 1. The molecule has 0 fully saturated rings. The first-order chi connectivity index (χ1) is 10.3. The maximum atomic E-state index is 4.28. The lowest BCUT2D eigenvalue weighted by Crippen LogP contribution is -2.29. The van der Waals surface area contributed by atoms with Gasteiger partial charge in [0, 0.05) is 19.3 Å². The molecule has 2 aromatic rings. The zero-order valence-corrected chi connectivity index (χ0v) is 12.9. The average molecular weight is 284 g/mol. The predicted octanol–water partition coefficient (Wildman–Crippen LogP) is 2.66. The monoisotopic (exact) mass is 284 g/mol. The summed E-state index contributed by atoms with van der Waals surface area (Å²) >= 11 is 0. The minimum atomic E-state index is 0.427. The summed E-state index contributed by atoms with van der Waals surface area (Å²) < 4.78 is 1.79. The molecule has 4 heteroatoms. The summed E-state index contributed by atoms with van der Waals surface area (Å²) in [6, 6.07) is 9.32. The van der Waals surface area contributed by atoms with Crippen LogP contribution >= 0.6 is 0 Å². The van der Waals surface area contributed by atoms with E-state index < -0.39 is 0 Å². The summed E-state index contributed by atoms with van der Waals surface area (Å²) in [5, 5.41) is 12.0. The molecule has 1 heterocycles. The van der Waals surface area contributed by atoms with Crippen molar-refractivity contribution in [2.24, 2.45) is 13.0 Å². The zero-order valence-electron chi connectivity index (χ0n) is 12.9. The van der Waals surface area contributed by atoms with Crippen molar-refractivity contribution in [3.8, 4) is 0 Å². The van der Waals surface area contributed by atoms with Crippen LogP contribution in [0.15, 0.2) is 30.5 Å². The van der Waals surface area contributed by atoms with Gasteiger partial charge in [0.2, 0.25) is 0 Å². The van der Waals surface area contributed by atoms with E-state index in [1.54, 1.807) is 4.68 Å². The molecule has 21 heavy (non-hydrogen) atoms. The van der Waals surface area contributed by atoms with Crippen LogP contribution in [-0.2, 0) is 19.9 Å². The van der Waals surface area contributed by atoms with Crippen molar-refractivity contribution in [3.05, 3.63) is 47.3 Å². The molecule has 1 aromatic carbocycles. The van der Waals surface area contributed by atoms with Gasteiger partial charge in [0.25, 0.3) is 0 Å². The molecule has 1 aromatic heterocycles. The van der Waals surface area contributed by atoms with Gasteiger partial charge in [0.1, 0.15) is 0 Å². The van der Waals surface area contributed by atoms with Gasteiger partial charge in [-0.2, -0.15) is 0 Å². The van der Waals surface area contributed by atoms with Crippen LogP contribution in [0.5, 0.6) is 0 Å². The van der Waals surface area contributed by atoms with Crippen molar-refractivity contribution in [3.63, 3.8) is 0 Å². The smallest absolute Gasteiger partial charge is 0.0830 e. The minimum absolute atomic E-state index is 0.427. The second-order valence-corrected chi connectivity index (χ2v) is 5.97. The quantitative estimate of drug-likeness (QED) is 0.878. The van der Waals surface area contributed by atoms with Crippen LogP contribution in [0.2, 0.25) is 0 Å². The van der Waals surface area contributed by atoms with Crippen LogP contribution in [-0.4, -0.2) is 21.5 Å². The molecule has 2 atom stereocenters. The molecule has 0 amide bonds. The highest BCUT2D eigenvalue weighted by atomic mass is 15.4. The first-order valence-corrected chi connectivity index (χ1v) is 7.94. The number of fused-ring (bicyclic) bond motifs is 1. The Labute approximate surface area is 126 Å². The largest absolute Gasteiger partial charge is 0.310 e. The van der Waals surface area contributed by atoms with Gasteiger partial charge < -0.3 is 5.32 Å². The fourth-order valence-electron chi connectivity index (χ4n) is 3.51. The van der Waals surface area contributed by atoms with Crippen molar-refractivity contribution < 1.29 is 0 Å². The standard InChI is InChI=1S/C17H24N4/c1-3-18-17-14(11-15-12-21(2)20-19-15)9-6-8-13-7-4-5-10-16(13)17/h4-5,7,10,12,14,17-18H,3,6,8-9,11H2,1-2H3. The van der Waals surface area contributed by atoms with E-state index in [0.29, 0.717) is 12.0 Å². The number of rotatable bonds is 4. The molecule has 1 N–H and O–H groups in total. The third-order valence-corrected chi connectivity index (χ3v) is 4.43. The van der Waals surface area contributed by atoms with E-state index >= 15 is 0 Å². The van der Waals surface area contributed by atoms with Crippen molar-refractivity contribution in [2.75, 3.05) is 6.54 Å². The van der Waals surface area contributed by atoms with Crippen molar-refractivity contribution >= 4 is 0 Å². The highest BCUT2D eigenvalue weighted by molar-refractivity contribution is 5.32. The van der Waals surface area contributed by atoms with Gasteiger partial charge in [-0.25, -0.2) is 0 Å². The molecule has 3 rings (SSSR count). The SMILES string of the molecule is CCNC1c2ccccc2CCCC1Cc1cn(C)nn1. The number of aryl methyl sites for hydroxylation is 2. The van der Waals surface area contributed by atoms with Crippen LogP contribution in [0.25, 0.3) is 0 Å². The van der Waals surface area contributed by atoms with Crippen molar-refractivity contribution in [1.29, 1.82) is 0 Å². The van der Waals surface area contributed by atoms with E-state index in [2.05, 4.69) is 46.8 Å². The first kappa shape index (κ1) is 14.3. The van der Waals surface area contributed by atoms with Gasteiger partial charge in [0.15, 0.2) is 0 Å². The van der Waals surface area contributed by atoms with Gasteiger partial charge in [-0.05, 0) is 49.3 Å². The topological polar surface area (TPSA) is 42.7 Å². The molecular weight excluding hydrogens is 260 g/mol. The van der Waals surface area contributed by atoms with Gasteiger partial charge in [-0.15, -0.1) is 5.10 Å². The normalized spacial score (nSPS) is 21.8. The van der Waals surface area contributed by atoms with Crippen LogP contribution in [0.4, 0.5) is 0 Å². The Morgan fingerprint density at radius 1 is 1.33 bits per heavy atom. The Kier molecular flexibility index (Phi) is 4.34. The van der Waals surface area contributed by atoms with E-state index in [1.165, 1.54) is 30.4 Å². The lowest BCUT2D eigenvalue weighted by atomic mass is 9.87. The lowest BCUT2D eigenvalue weighted by Gasteiger charge is -2.27. The summed E-state index contributed by atoms with van der Waals surface area (Å²) in [6.45, 7) is 3.18. The van der Waals surface area contributed by atoms with Crippen molar-refractivity contribution in [1.82, 2.24) is 20.3 Å². The van der Waals surface area contributed by atoms with Gasteiger partial charge in [-0.3, -0.25) is 4.68 Å². The number of nitrogens with zero attached hydrogens (tertiary/aromatic N) is 3. The summed E-state index contributed by atoms with van der Waals surface area (Å²) in [4.78, 5) is 0. The molecule has 1 aliphatic rings. The predicted molar refractivity (Wildman–Crippen MR) is 84.0 cm³/mol. The average Bonchev–Trinajstić information content (AvgIpc) is 2.81. The minimum Gasteiger partial charge on any atom is -0.310 e. The summed E-state index contributed by atoms with van der Waals surface area (Å²) in [5.41, 5.74) is 4.08. The van der Waals surface area contributed by atoms with Gasteiger partial charge in [0.05, 0.1) is 5.69 Å². The molecular formula is C17H24N4. The molecule has 2 unspecified atom stereocenters. The molecule has 0 saturated heterocycles. The Hall–Kier alpha value is -1.68. The van der Waals surface area contributed by atoms with Crippen LogP contribution in [0.1, 0.15) is 42.6 Å². The van der Waals surface area contributed by atoms with Gasteiger partial charge in [-0.1, -0.05) is 36.4 Å². The van der Waals surface area contributed by atoms with E-state index in [-0.39, 0.29) is 0 Å². The second-order valence-electron chi connectivity index (χ2n) is 5.97. The molecule has 112 valence electrons. The van der Waals surface area contributed by atoms with Crippen LogP contribution in [0.3, 0.4) is 0 Å². The summed E-state index contributed by atoms with van der Waals surface area (Å²) in [7, 11) is 1.93. The van der Waals surface area contributed by atoms with E-state index in [9.17, 15) is 0 Å². The fraction of sp³-hybridized carbons (Fsp3) is 0.529. The fourth-order valence-corrected chi connectivity index (χ4v) is 3.51. The first-order valence-electron chi connectivity index (χ1n) is 7.94. The maximum Gasteiger partial charge on any atom is 0.0830 e. The molecule has 0 bridgehead atoms. The van der Waals surface area contributed by atoms with Gasteiger partial charge >= 0.3 is 0 Å². The van der Waals surface area contributed by atoms with Crippen LogP contribution < -0.4 is 5.32 Å². The van der Waals surface area contributed by atoms with Crippen molar-refractivity contribution in [2.45, 2.75) is 38.6 Å². The molecule has 1 aliphatic carbocycles. The summed E-state index contributed by atoms with van der Waals surface area (Å²) in [5.74, 6) is 0.588. The van der Waals surface area contributed by atoms with Crippen LogP contribution in [0, 0.1) is 5.92 Å². The third-order valence-electron chi connectivity index (χ3n) is 4.43. The Bertz CT molecular complexity index is 590. The third kappa shape index (κ3) is 3.16. The summed E-state index contributed by atoms with van der Waals surface area (Å²) in [6.07, 6.45) is 6.72. The van der Waals surface area contributed by atoms with E-state index in [0.717, 1.165) is 18.7 Å². The zero-order chi connectivity index (χ0) is 14.7. The maximum absolute atomic E-state index is 4.28. The number of nitrogens with one attached hydrogen (secondary N) is 1. The Balaban J connectivity index is 1.88. The Morgan fingerprint density at radius 3 is 2.95 bits per heavy atom. The lowest BCUT2D eigenvalue weighted by molar-refractivity contribution is 0.344. The molecule has 0 spiro atoms. The van der Waals surface area contributed by atoms with E-state index in [4.69, 9.17) is 0 Å². The number of hydrogen-bond acceptors (Lipinski definition) is 3. The molecule has 0 saturated carbocycles. The Morgan fingerprint density at radius 2 is 2.19 bits per heavy atom. The molecule has 0 radical (unpaired) electrons. The molecule has 4 nitrogen and oxygen atoms in total. The molecule has 0 aliphatic heterocycles. The highest BCUT2D eigenvalue weighted by Crippen LogP contribution is 2.34. The number of aromatic nitrogens is 3. The highest BCUT2D eigenvalue weighted by Gasteiger charge is 2.27. The number of hydrogen-bond donors (Lipinski definition) is 1. The second kappa shape index (κ2) is 6.39. The van der Waals surface area contributed by atoms with E-state index in [1.807, 2.05) is 13.2 Å².